The van der Waals surface area contributed by atoms with Crippen LogP contribution in [0.1, 0.15) is 0 Å². The summed E-state index contributed by atoms with van der Waals surface area (Å²) in [6, 6.07) is 11.6. The van der Waals surface area contributed by atoms with Crippen LogP contribution in [-0.2, 0) is 0 Å². The molecule has 4 aromatic rings. The fourth-order valence-corrected chi connectivity index (χ4v) is 3.92. The van der Waals surface area contributed by atoms with Gasteiger partial charge in [-0.05, 0) is 30.3 Å². The lowest BCUT2D eigenvalue weighted by molar-refractivity contribution is 0.415. The third-order valence-corrected chi connectivity index (χ3v) is 5.00. The molecular weight excluding hydrogens is 298 g/mol. The molecule has 4 rings (SSSR count). The minimum absolute atomic E-state index is 0.0732. The number of nitrogens with one attached hydrogen (secondary N) is 1. The van der Waals surface area contributed by atoms with Crippen molar-refractivity contribution < 1.29 is 9.47 Å². The van der Waals surface area contributed by atoms with E-state index >= 15 is 0 Å². The Hall–Kier alpha value is -2.53. The number of methoxy groups -OCH3 is 2. The monoisotopic (exact) mass is 311 g/mol. The molecule has 2 heterocycles. The molecule has 0 aliphatic heterocycles. The maximum Gasteiger partial charge on any atom is 0.266 e. The van der Waals surface area contributed by atoms with Crippen molar-refractivity contribution in [3.63, 3.8) is 0 Å². The van der Waals surface area contributed by atoms with Crippen molar-refractivity contribution in [2.75, 3.05) is 14.2 Å². The summed E-state index contributed by atoms with van der Waals surface area (Å²) in [6.45, 7) is 0. The summed E-state index contributed by atoms with van der Waals surface area (Å²) in [5.41, 5.74) is 0.711. The Morgan fingerprint density at radius 2 is 1.64 bits per heavy atom. The van der Waals surface area contributed by atoms with Crippen molar-refractivity contribution in [2.45, 2.75) is 0 Å². The van der Waals surface area contributed by atoms with E-state index in [0.29, 0.717) is 0 Å². The number of pyridine rings is 1. The summed E-state index contributed by atoms with van der Waals surface area (Å²) >= 11 is 1.49. The number of thiophene rings is 1. The third kappa shape index (κ3) is 1.79. The number of aromatic amines is 1. The van der Waals surface area contributed by atoms with Gasteiger partial charge in [0.2, 0.25) is 0 Å². The van der Waals surface area contributed by atoms with E-state index in [9.17, 15) is 4.79 Å². The second kappa shape index (κ2) is 4.74. The van der Waals surface area contributed by atoms with Gasteiger partial charge in [-0.15, -0.1) is 11.3 Å². The van der Waals surface area contributed by atoms with Crippen LogP contribution >= 0.6 is 11.3 Å². The van der Waals surface area contributed by atoms with Crippen LogP contribution in [0.2, 0.25) is 0 Å². The second-order valence-corrected chi connectivity index (χ2v) is 6.09. The standard InChI is InChI=1S/C17H13NO3S/c1-20-9-3-5-11-13(7-9)18-17(19)16-15(11)12-6-4-10(21-2)8-14(12)22-16/h3-8H,1-2H3,(H,18,19). The smallest absolute Gasteiger partial charge is 0.266 e. The zero-order valence-electron chi connectivity index (χ0n) is 12.1. The first-order chi connectivity index (χ1) is 10.7. The highest BCUT2D eigenvalue weighted by Gasteiger charge is 2.13. The predicted molar refractivity (Wildman–Crippen MR) is 90.6 cm³/mol. The molecule has 0 aliphatic rings. The maximum absolute atomic E-state index is 12.4. The Kier molecular flexibility index (Phi) is 2.84. The van der Waals surface area contributed by atoms with Crippen molar-refractivity contribution in [3.8, 4) is 11.5 Å². The first-order valence-electron chi connectivity index (χ1n) is 6.81. The molecule has 0 aliphatic carbocycles. The summed E-state index contributed by atoms with van der Waals surface area (Å²) in [7, 11) is 3.26. The van der Waals surface area contributed by atoms with Gasteiger partial charge in [0.15, 0.2) is 0 Å². The van der Waals surface area contributed by atoms with Gasteiger partial charge in [0.05, 0.1) is 19.7 Å². The van der Waals surface area contributed by atoms with Gasteiger partial charge in [-0.3, -0.25) is 4.79 Å². The first-order valence-corrected chi connectivity index (χ1v) is 7.63. The van der Waals surface area contributed by atoms with Crippen LogP contribution in [-0.4, -0.2) is 19.2 Å². The lowest BCUT2D eigenvalue weighted by Gasteiger charge is -2.04. The van der Waals surface area contributed by atoms with E-state index < -0.39 is 0 Å². The molecule has 2 aromatic heterocycles. The van der Waals surface area contributed by atoms with Crippen molar-refractivity contribution in [2.24, 2.45) is 0 Å². The van der Waals surface area contributed by atoms with Gasteiger partial charge in [0.1, 0.15) is 16.2 Å². The number of fused-ring (bicyclic) bond motifs is 5. The molecule has 0 unspecified atom stereocenters. The van der Waals surface area contributed by atoms with Gasteiger partial charge in [-0.25, -0.2) is 0 Å². The van der Waals surface area contributed by atoms with E-state index in [4.69, 9.17) is 9.47 Å². The van der Waals surface area contributed by atoms with Crippen molar-refractivity contribution in [3.05, 3.63) is 46.8 Å². The number of aromatic nitrogens is 1. The summed E-state index contributed by atoms with van der Waals surface area (Å²) in [5.74, 6) is 1.52. The Bertz CT molecular complexity index is 1080. The molecule has 5 heteroatoms. The topological polar surface area (TPSA) is 51.3 Å². The normalized spacial score (nSPS) is 11.4. The summed E-state index contributed by atoms with van der Waals surface area (Å²) in [5, 5.41) is 3.08. The Balaban J connectivity index is 2.21. The average Bonchev–Trinajstić information content (AvgIpc) is 2.93. The van der Waals surface area contributed by atoms with E-state index in [0.717, 1.165) is 42.6 Å². The molecule has 0 spiro atoms. The van der Waals surface area contributed by atoms with E-state index in [2.05, 4.69) is 4.98 Å². The van der Waals surface area contributed by atoms with Gasteiger partial charge >= 0.3 is 0 Å². The average molecular weight is 311 g/mol. The lowest BCUT2D eigenvalue weighted by Crippen LogP contribution is -2.04. The van der Waals surface area contributed by atoms with Gasteiger partial charge in [0.25, 0.3) is 5.56 Å². The summed E-state index contributed by atoms with van der Waals surface area (Å²) in [4.78, 5) is 15.3. The Morgan fingerprint density at radius 3 is 2.36 bits per heavy atom. The van der Waals surface area contributed by atoms with Gasteiger partial charge < -0.3 is 14.5 Å². The molecule has 0 fully saturated rings. The predicted octanol–water partition coefficient (Wildman–Crippen LogP) is 3.91. The highest BCUT2D eigenvalue weighted by molar-refractivity contribution is 7.26. The fourth-order valence-electron chi connectivity index (χ4n) is 2.78. The molecule has 2 aromatic carbocycles. The molecule has 1 N–H and O–H groups in total. The number of ether oxygens (including phenoxy) is 2. The van der Waals surface area contributed by atoms with Crippen LogP contribution in [0.5, 0.6) is 11.5 Å². The highest BCUT2D eigenvalue weighted by atomic mass is 32.1. The quantitative estimate of drug-likeness (QED) is 0.610. The minimum Gasteiger partial charge on any atom is -0.497 e. The molecule has 0 amide bonds. The molecule has 0 radical (unpaired) electrons. The maximum atomic E-state index is 12.4. The van der Waals surface area contributed by atoms with Gasteiger partial charge in [-0.2, -0.15) is 0 Å². The number of H-pyrrole nitrogens is 1. The van der Waals surface area contributed by atoms with Crippen LogP contribution < -0.4 is 15.0 Å². The molecule has 110 valence electrons. The van der Waals surface area contributed by atoms with Crippen molar-refractivity contribution in [1.29, 1.82) is 0 Å². The zero-order valence-corrected chi connectivity index (χ0v) is 12.9. The zero-order chi connectivity index (χ0) is 15.3. The van der Waals surface area contributed by atoms with Crippen molar-refractivity contribution >= 4 is 42.4 Å². The second-order valence-electron chi connectivity index (χ2n) is 5.03. The molecule has 4 nitrogen and oxygen atoms in total. The number of hydrogen-bond acceptors (Lipinski definition) is 4. The van der Waals surface area contributed by atoms with E-state index in [-0.39, 0.29) is 5.56 Å². The minimum atomic E-state index is -0.0732. The van der Waals surface area contributed by atoms with Crippen LogP contribution in [0.15, 0.2) is 41.2 Å². The van der Waals surface area contributed by atoms with E-state index in [1.54, 1.807) is 14.2 Å². The van der Waals surface area contributed by atoms with Gasteiger partial charge in [-0.1, -0.05) is 0 Å². The molecule has 0 bridgehead atoms. The molecule has 0 saturated heterocycles. The Labute approximate surface area is 129 Å². The van der Waals surface area contributed by atoms with Crippen molar-refractivity contribution in [1.82, 2.24) is 4.98 Å². The van der Waals surface area contributed by atoms with E-state index in [1.165, 1.54) is 11.3 Å². The molecular formula is C17H13NO3S. The number of benzene rings is 2. The molecule has 0 saturated carbocycles. The van der Waals surface area contributed by atoms with Crippen LogP contribution in [0.3, 0.4) is 0 Å². The van der Waals surface area contributed by atoms with E-state index in [1.807, 2.05) is 36.4 Å². The number of hydrogen-bond donors (Lipinski definition) is 1. The van der Waals surface area contributed by atoms with Gasteiger partial charge in [0, 0.05) is 26.9 Å². The SMILES string of the molecule is COc1ccc2c(c1)[nH]c(=O)c1sc3cc(OC)ccc3c12. The summed E-state index contributed by atoms with van der Waals surface area (Å²) < 4.78 is 12.3. The highest BCUT2D eigenvalue weighted by Crippen LogP contribution is 2.38. The first kappa shape index (κ1) is 13.2. The Morgan fingerprint density at radius 1 is 0.955 bits per heavy atom. The molecule has 0 atom stereocenters. The lowest BCUT2D eigenvalue weighted by atomic mass is 10.1. The number of rotatable bonds is 2. The van der Waals surface area contributed by atoms with Crippen LogP contribution in [0.25, 0.3) is 31.1 Å². The largest absolute Gasteiger partial charge is 0.497 e. The molecule has 22 heavy (non-hydrogen) atoms. The third-order valence-electron chi connectivity index (χ3n) is 3.85. The van der Waals surface area contributed by atoms with Crippen LogP contribution in [0.4, 0.5) is 0 Å². The van der Waals surface area contributed by atoms with Crippen LogP contribution in [0, 0.1) is 0 Å². The summed E-state index contributed by atoms with van der Waals surface area (Å²) in [6.07, 6.45) is 0. The fraction of sp³-hybridized carbons (Fsp3) is 0.118.